The molecule has 21 heavy (non-hydrogen) atoms. The zero-order valence-electron chi connectivity index (χ0n) is 12.3. The van der Waals surface area contributed by atoms with Crippen LogP contribution in [0.3, 0.4) is 0 Å². The van der Waals surface area contributed by atoms with Crippen LogP contribution in [0.4, 0.5) is 0 Å². The average Bonchev–Trinajstić information content (AvgIpc) is 2.89. The summed E-state index contributed by atoms with van der Waals surface area (Å²) in [7, 11) is 0. The summed E-state index contributed by atoms with van der Waals surface area (Å²) in [5.74, 6) is 0.619. The second-order valence-corrected chi connectivity index (χ2v) is 5.94. The fraction of sp³-hybridized carbons (Fsp3) is 0.375. The molecule has 0 saturated heterocycles. The summed E-state index contributed by atoms with van der Waals surface area (Å²) in [5.41, 5.74) is 1.78. The van der Waals surface area contributed by atoms with E-state index in [1.807, 2.05) is 23.7 Å². The molecule has 0 aliphatic carbocycles. The first-order valence-electron chi connectivity index (χ1n) is 7.32. The van der Waals surface area contributed by atoms with Gasteiger partial charge in [0.1, 0.15) is 0 Å². The Morgan fingerprint density at radius 3 is 2.86 bits per heavy atom. The number of halogens is 1. The number of aryl methyl sites for hydroxylation is 1. The molecule has 0 unspecified atom stereocenters. The van der Waals surface area contributed by atoms with Gasteiger partial charge in [-0.2, -0.15) is 5.10 Å². The van der Waals surface area contributed by atoms with E-state index in [0.29, 0.717) is 12.5 Å². The van der Waals surface area contributed by atoms with Crippen LogP contribution in [-0.4, -0.2) is 21.4 Å². The number of unbranched alkanes of at least 4 members (excludes halogenated alkanes) is 1. The fourth-order valence-electron chi connectivity index (χ4n) is 2.44. The molecular formula is C16H18BrN3O. The quantitative estimate of drug-likeness (QED) is 0.679. The van der Waals surface area contributed by atoms with Crippen LogP contribution in [-0.2, 0) is 6.54 Å². The molecule has 4 nitrogen and oxygen atoms in total. The molecule has 0 spiro atoms. The summed E-state index contributed by atoms with van der Waals surface area (Å²) in [4.78, 5) is 4.62. The van der Waals surface area contributed by atoms with E-state index < -0.39 is 0 Å². The second kappa shape index (κ2) is 6.02. The SMILES string of the molecule is CCCCn1cc2c(n1)c(OCC)nc1cc(Br)ccc12. The van der Waals surface area contributed by atoms with Crippen LogP contribution >= 0.6 is 15.9 Å². The van der Waals surface area contributed by atoms with E-state index in [4.69, 9.17) is 4.74 Å². The number of fused-ring (bicyclic) bond motifs is 3. The monoisotopic (exact) mass is 347 g/mol. The zero-order valence-corrected chi connectivity index (χ0v) is 13.9. The molecule has 0 radical (unpaired) electrons. The molecule has 5 heteroatoms. The minimum Gasteiger partial charge on any atom is -0.476 e. The zero-order chi connectivity index (χ0) is 14.8. The van der Waals surface area contributed by atoms with E-state index in [1.165, 1.54) is 0 Å². The number of pyridine rings is 1. The minimum atomic E-state index is 0.587. The summed E-state index contributed by atoms with van der Waals surface area (Å²) in [5, 5.41) is 6.87. The maximum atomic E-state index is 5.68. The average molecular weight is 348 g/mol. The summed E-state index contributed by atoms with van der Waals surface area (Å²) in [6, 6.07) is 6.13. The number of benzene rings is 1. The lowest BCUT2D eigenvalue weighted by atomic mass is 10.1. The van der Waals surface area contributed by atoms with Gasteiger partial charge < -0.3 is 4.74 Å². The Morgan fingerprint density at radius 1 is 1.24 bits per heavy atom. The molecule has 0 bridgehead atoms. The van der Waals surface area contributed by atoms with Crippen molar-refractivity contribution in [2.45, 2.75) is 33.2 Å². The molecule has 0 atom stereocenters. The first-order chi connectivity index (χ1) is 10.2. The van der Waals surface area contributed by atoms with E-state index in [2.05, 4.69) is 45.2 Å². The van der Waals surface area contributed by atoms with Crippen LogP contribution < -0.4 is 4.74 Å². The molecule has 0 amide bonds. The van der Waals surface area contributed by atoms with E-state index in [1.54, 1.807) is 0 Å². The van der Waals surface area contributed by atoms with Crippen molar-refractivity contribution in [1.29, 1.82) is 0 Å². The van der Waals surface area contributed by atoms with E-state index >= 15 is 0 Å². The Balaban J connectivity index is 2.23. The molecule has 2 aromatic heterocycles. The van der Waals surface area contributed by atoms with E-state index in [-0.39, 0.29) is 0 Å². The fourth-order valence-corrected chi connectivity index (χ4v) is 2.78. The van der Waals surface area contributed by atoms with Crippen molar-refractivity contribution in [2.75, 3.05) is 6.61 Å². The maximum Gasteiger partial charge on any atom is 0.243 e. The molecule has 0 aliphatic heterocycles. The number of rotatable bonds is 5. The van der Waals surface area contributed by atoms with Gasteiger partial charge in [-0.25, -0.2) is 4.98 Å². The Bertz CT molecular complexity index is 782. The van der Waals surface area contributed by atoms with Crippen molar-refractivity contribution >= 4 is 37.7 Å². The van der Waals surface area contributed by atoms with Gasteiger partial charge in [0.2, 0.25) is 5.88 Å². The summed E-state index contributed by atoms with van der Waals surface area (Å²) in [6.45, 7) is 5.66. The van der Waals surface area contributed by atoms with Crippen LogP contribution in [0.2, 0.25) is 0 Å². The lowest BCUT2D eigenvalue weighted by molar-refractivity contribution is 0.331. The molecule has 0 aliphatic rings. The molecule has 110 valence electrons. The lowest BCUT2D eigenvalue weighted by Gasteiger charge is -2.05. The predicted octanol–water partition coefficient (Wildman–Crippen LogP) is 4.55. The Kier molecular flexibility index (Phi) is 4.10. The normalized spacial score (nSPS) is 11.4. The number of hydrogen-bond acceptors (Lipinski definition) is 3. The molecule has 3 rings (SSSR count). The molecule has 0 fully saturated rings. The lowest BCUT2D eigenvalue weighted by Crippen LogP contribution is -1.99. The third kappa shape index (κ3) is 2.75. The maximum absolute atomic E-state index is 5.68. The molecule has 0 saturated carbocycles. The largest absolute Gasteiger partial charge is 0.476 e. The first kappa shape index (κ1) is 14.3. The smallest absolute Gasteiger partial charge is 0.243 e. The van der Waals surface area contributed by atoms with Gasteiger partial charge >= 0.3 is 0 Å². The highest BCUT2D eigenvalue weighted by Gasteiger charge is 2.13. The highest BCUT2D eigenvalue weighted by atomic mass is 79.9. The molecule has 0 N–H and O–H groups in total. The van der Waals surface area contributed by atoms with Gasteiger partial charge in [-0.15, -0.1) is 0 Å². The van der Waals surface area contributed by atoms with Gasteiger partial charge in [-0.3, -0.25) is 4.68 Å². The summed E-state index contributed by atoms with van der Waals surface area (Å²) in [6.07, 6.45) is 4.38. The van der Waals surface area contributed by atoms with Gasteiger partial charge in [0.25, 0.3) is 0 Å². The molecule has 3 aromatic rings. The van der Waals surface area contributed by atoms with Crippen LogP contribution in [0.15, 0.2) is 28.9 Å². The highest BCUT2D eigenvalue weighted by Crippen LogP contribution is 2.31. The van der Waals surface area contributed by atoms with Gasteiger partial charge in [-0.1, -0.05) is 35.3 Å². The topological polar surface area (TPSA) is 39.9 Å². The van der Waals surface area contributed by atoms with Crippen molar-refractivity contribution in [3.8, 4) is 5.88 Å². The Hall–Kier alpha value is -1.62. The Labute approximate surface area is 132 Å². The van der Waals surface area contributed by atoms with Crippen LogP contribution in [0, 0.1) is 0 Å². The standard InChI is InChI=1S/C16H18BrN3O/c1-3-5-8-20-10-13-12-7-6-11(17)9-14(12)18-16(21-4-2)15(13)19-20/h6-7,9-10H,3-5,8H2,1-2H3. The van der Waals surface area contributed by atoms with Crippen LogP contribution in [0.25, 0.3) is 21.8 Å². The van der Waals surface area contributed by atoms with Gasteiger partial charge in [0.15, 0.2) is 5.52 Å². The summed E-state index contributed by atoms with van der Waals surface area (Å²) >= 11 is 3.50. The van der Waals surface area contributed by atoms with Crippen molar-refractivity contribution in [3.05, 3.63) is 28.9 Å². The predicted molar refractivity (Wildman–Crippen MR) is 88.8 cm³/mol. The minimum absolute atomic E-state index is 0.587. The van der Waals surface area contributed by atoms with Crippen molar-refractivity contribution < 1.29 is 4.74 Å². The molecular weight excluding hydrogens is 330 g/mol. The highest BCUT2D eigenvalue weighted by molar-refractivity contribution is 9.10. The van der Waals surface area contributed by atoms with E-state index in [0.717, 1.165) is 45.7 Å². The van der Waals surface area contributed by atoms with Crippen molar-refractivity contribution in [2.24, 2.45) is 0 Å². The van der Waals surface area contributed by atoms with E-state index in [9.17, 15) is 0 Å². The van der Waals surface area contributed by atoms with Crippen LogP contribution in [0.1, 0.15) is 26.7 Å². The van der Waals surface area contributed by atoms with Gasteiger partial charge in [0, 0.05) is 28.0 Å². The van der Waals surface area contributed by atoms with Crippen molar-refractivity contribution in [3.63, 3.8) is 0 Å². The number of aromatic nitrogens is 3. The summed E-state index contributed by atoms with van der Waals surface area (Å²) < 4.78 is 8.70. The van der Waals surface area contributed by atoms with Crippen molar-refractivity contribution in [1.82, 2.24) is 14.8 Å². The van der Waals surface area contributed by atoms with Gasteiger partial charge in [-0.05, 0) is 25.5 Å². The Morgan fingerprint density at radius 2 is 2.10 bits per heavy atom. The third-order valence-corrected chi connectivity index (χ3v) is 3.95. The number of nitrogens with zero attached hydrogens (tertiary/aromatic N) is 3. The van der Waals surface area contributed by atoms with Crippen LogP contribution in [0.5, 0.6) is 5.88 Å². The molecule has 2 heterocycles. The first-order valence-corrected chi connectivity index (χ1v) is 8.11. The van der Waals surface area contributed by atoms with Gasteiger partial charge in [0.05, 0.1) is 12.1 Å². The molecule has 1 aromatic carbocycles. The third-order valence-electron chi connectivity index (χ3n) is 3.46. The number of ether oxygens (including phenoxy) is 1. The second-order valence-electron chi connectivity index (χ2n) is 5.02. The number of hydrogen-bond donors (Lipinski definition) is 0.